The molecule has 0 saturated carbocycles. The molecule has 0 spiro atoms. The Hall–Kier alpha value is -2.01. The Labute approximate surface area is 200 Å². The Morgan fingerprint density at radius 2 is 1.82 bits per heavy atom. The predicted octanol–water partition coefficient (Wildman–Crippen LogP) is 3.17. The lowest BCUT2D eigenvalue weighted by atomic mass is 10.2. The molecule has 0 unspecified atom stereocenters. The highest BCUT2D eigenvalue weighted by molar-refractivity contribution is 7.89. The summed E-state index contributed by atoms with van der Waals surface area (Å²) < 4.78 is 28.2. The van der Waals surface area contributed by atoms with Crippen LogP contribution >= 0.6 is 11.3 Å². The third-order valence-corrected chi connectivity index (χ3v) is 9.17. The van der Waals surface area contributed by atoms with Crippen LogP contribution in [0.3, 0.4) is 0 Å². The quantitative estimate of drug-likeness (QED) is 0.668. The van der Waals surface area contributed by atoms with Crippen LogP contribution in [0, 0.1) is 6.92 Å². The van der Waals surface area contributed by atoms with Gasteiger partial charge in [-0.05, 0) is 43.9 Å². The zero-order valence-electron chi connectivity index (χ0n) is 19.2. The van der Waals surface area contributed by atoms with Crippen molar-refractivity contribution in [3.8, 4) is 0 Å². The molecule has 2 aliphatic heterocycles. The van der Waals surface area contributed by atoms with Gasteiger partial charge in [0.25, 0.3) is 0 Å². The third-order valence-electron chi connectivity index (χ3n) is 6.30. The van der Waals surface area contributed by atoms with Crippen molar-refractivity contribution in [1.82, 2.24) is 14.2 Å². The molecule has 2 fully saturated rings. The number of aromatic nitrogens is 1. The van der Waals surface area contributed by atoms with Crippen molar-refractivity contribution in [3.63, 3.8) is 0 Å². The van der Waals surface area contributed by atoms with Gasteiger partial charge in [0.1, 0.15) is 0 Å². The molecular weight excluding hydrogens is 458 g/mol. The largest absolute Gasteiger partial charge is 0.347 e. The number of rotatable bonds is 6. The van der Waals surface area contributed by atoms with E-state index in [0.717, 1.165) is 63.4 Å². The Morgan fingerprint density at radius 3 is 2.55 bits per heavy atom. The number of carbonyl (C=O) groups is 1. The van der Waals surface area contributed by atoms with E-state index in [2.05, 4.69) is 20.1 Å². The van der Waals surface area contributed by atoms with Crippen LogP contribution in [0.4, 0.5) is 10.8 Å². The van der Waals surface area contributed by atoms with Crippen molar-refractivity contribution in [2.75, 3.05) is 56.0 Å². The Balaban J connectivity index is 1.38. The van der Waals surface area contributed by atoms with Crippen molar-refractivity contribution in [1.29, 1.82) is 0 Å². The standard InChI is InChI=1S/C23H33N5O3S2/c1-19-7-8-20(17-21(19)33(30,31)28-12-4-2-3-5-13-28)25-22(29)18-26-10-6-11-27(15-14-26)23-24-9-16-32-23/h7-9,16-17H,2-6,10-15,18H2,1H3,(H,25,29). The van der Waals surface area contributed by atoms with Gasteiger partial charge >= 0.3 is 0 Å². The van der Waals surface area contributed by atoms with E-state index in [9.17, 15) is 13.2 Å². The first-order valence-corrected chi connectivity index (χ1v) is 14.0. The molecular formula is C23H33N5O3S2. The highest BCUT2D eigenvalue weighted by Gasteiger charge is 2.27. The molecule has 1 aromatic heterocycles. The van der Waals surface area contributed by atoms with Crippen LogP contribution in [-0.4, -0.2) is 74.3 Å². The van der Waals surface area contributed by atoms with E-state index >= 15 is 0 Å². The summed E-state index contributed by atoms with van der Waals surface area (Å²) in [7, 11) is -3.57. The maximum atomic E-state index is 13.3. The minimum absolute atomic E-state index is 0.125. The second-order valence-electron chi connectivity index (χ2n) is 8.78. The molecule has 0 aliphatic carbocycles. The SMILES string of the molecule is Cc1ccc(NC(=O)CN2CCCN(c3nccs3)CC2)cc1S(=O)(=O)N1CCCCCC1. The maximum absolute atomic E-state index is 13.3. The molecule has 3 heterocycles. The summed E-state index contributed by atoms with van der Waals surface area (Å²) in [6.45, 7) is 6.62. The van der Waals surface area contributed by atoms with E-state index < -0.39 is 10.0 Å². The summed E-state index contributed by atoms with van der Waals surface area (Å²) in [6.07, 6.45) is 6.71. The fourth-order valence-corrected chi connectivity index (χ4v) is 6.94. The van der Waals surface area contributed by atoms with E-state index in [0.29, 0.717) is 24.3 Å². The molecule has 2 aliphatic rings. The fraction of sp³-hybridized carbons (Fsp3) is 0.565. The molecule has 8 nitrogen and oxygen atoms in total. The summed E-state index contributed by atoms with van der Waals surface area (Å²) in [4.78, 5) is 21.9. The summed E-state index contributed by atoms with van der Waals surface area (Å²) in [5.41, 5.74) is 1.23. The number of carbonyl (C=O) groups excluding carboxylic acids is 1. The lowest BCUT2D eigenvalue weighted by Crippen LogP contribution is -2.36. The van der Waals surface area contributed by atoms with E-state index in [1.54, 1.807) is 33.8 Å². The molecule has 10 heteroatoms. The van der Waals surface area contributed by atoms with Gasteiger partial charge in [-0.3, -0.25) is 9.69 Å². The van der Waals surface area contributed by atoms with Crippen molar-refractivity contribution in [2.45, 2.75) is 43.9 Å². The summed E-state index contributed by atoms with van der Waals surface area (Å²) in [6, 6.07) is 5.17. The zero-order chi connectivity index (χ0) is 23.3. The minimum Gasteiger partial charge on any atom is -0.347 e. The number of nitrogens with one attached hydrogen (secondary N) is 1. The number of amides is 1. The van der Waals surface area contributed by atoms with Crippen molar-refractivity contribution in [3.05, 3.63) is 35.3 Å². The number of hydrogen-bond donors (Lipinski definition) is 1. The monoisotopic (exact) mass is 491 g/mol. The first kappa shape index (κ1) is 24.1. The molecule has 0 radical (unpaired) electrons. The van der Waals surface area contributed by atoms with E-state index in [1.165, 1.54) is 0 Å². The lowest BCUT2D eigenvalue weighted by molar-refractivity contribution is -0.117. The Bertz CT molecular complexity index is 1030. The van der Waals surface area contributed by atoms with E-state index in [1.807, 2.05) is 18.5 Å². The van der Waals surface area contributed by atoms with Crippen LogP contribution in [-0.2, 0) is 14.8 Å². The van der Waals surface area contributed by atoms with Crippen LogP contribution in [0.15, 0.2) is 34.7 Å². The number of sulfonamides is 1. The second-order valence-corrected chi connectivity index (χ2v) is 11.6. The number of hydrogen-bond acceptors (Lipinski definition) is 7. The maximum Gasteiger partial charge on any atom is 0.243 e. The van der Waals surface area contributed by atoms with Gasteiger partial charge in [0.2, 0.25) is 15.9 Å². The summed E-state index contributed by atoms with van der Waals surface area (Å²) in [5.74, 6) is -0.125. The van der Waals surface area contributed by atoms with Gasteiger partial charge in [-0.1, -0.05) is 18.9 Å². The van der Waals surface area contributed by atoms with Gasteiger partial charge < -0.3 is 10.2 Å². The highest BCUT2D eigenvalue weighted by Crippen LogP contribution is 2.26. The number of aryl methyl sites for hydroxylation is 1. The molecule has 1 aromatic carbocycles. The minimum atomic E-state index is -3.57. The predicted molar refractivity (Wildman–Crippen MR) is 132 cm³/mol. The Kier molecular flexibility index (Phi) is 8.00. The first-order chi connectivity index (χ1) is 15.9. The zero-order valence-corrected chi connectivity index (χ0v) is 20.8. The fourth-order valence-electron chi connectivity index (χ4n) is 4.47. The van der Waals surface area contributed by atoms with Gasteiger partial charge in [-0.2, -0.15) is 4.31 Å². The molecule has 180 valence electrons. The summed E-state index contributed by atoms with van der Waals surface area (Å²) >= 11 is 1.64. The number of nitrogens with zero attached hydrogens (tertiary/aromatic N) is 4. The highest BCUT2D eigenvalue weighted by atomic mass is 32.2. The van der Waals surface area contributed by atoms with Crippen LogP contribution in [0.2, 0.25) is 0 Å². The van der Waals surface area contributed by atoms with Gasteiger partial charge in [0.15, 0.2) is 5.13 Å². The number of anilines is 2. The molecule has 1 N–H and O–H groups in total. The topological polar surface area (TPSA) is 85.9 Å². The molecule has 2 saturated heterocycles. The van der Waals surface area contributed by atoms with Crippen molar-refractivity contribution in [2.24, 2.45) is 0 Å². The van der Waals surface area contributed by atoms with Gasteiger partial charge in [-0.15, -0.1) is 11.3 Å². The van der Waals surface area contributed by atoms with Gasteiger partial charge in [0, 0.05) is 56.5 Å². The number of thiazole rings is 1. The first-order valence-electron chi connectivity index (χ1n) is 11.7. The average molecular weight is 492 g/mol. The second kappa shape index (κ2) is 10.9. The van der Waals surface area contributed by atoms with Crippen molar-refractivity contribution < 1.29 is 13.2 Å². The van der Waals surface area contributed by atoms with Gasteiger partial charge in [-0.25, -0.2) is 13.4 Å². The van der Waals surface area contributed by atoms with Gasteiger partial charge in [0.05, 0.1) is 11.4 Å². The van der Waals surface area contributed by atoms with E-state index in [4.69, 9.17) is 0 Å². The summed E-state index contributed by atoms with van der Waals surface area (Å²) in [5, 5.41) is 5.92. The smallest absolute Gasteiger partial charge is 0.243 e. The van der Waals surface area contributed by atoms with Crippen LogP contribution in [0.1, 0.15) is 37.7 Å². The third kappa shape index (κ3) is 6.11. The Morgan fingerprint density at radius 1 is 1.03 bits per heavy atom. The van der Waals surface area contributed by atoms with Crippen LogP contribution in [0.5, 0.6) is 0 Å². The molecule has 0 atom stereocenters. The molecule has 4 rings (SSSR count). The number of benzene rings is 1. The van der Waals surface area contributed by atoms with Crippen molar-refractivity contribution >= 4 is 38.1 Å². The molecule has 1 amide bonds. The average Bonchev–Trinajstić information content (AvgIpc) is 3.04. The molecule has 2 aromatic rings. The molecule has 33 heavy (non-hydrogen) atoms. The molecule has 0 bridgehead atoms. The normalized spacial score (nSPS) is 19.1. The van der Waals surface area contributed by atoms with Crippen LogP contribution < -0.4 is 10.2 Å². The van der Waals surface area contributed by atoms with E-state index in [-0.39, 0.29) is 17.3 Å². The van der Waals surface area contributed by atoms with Crippen LogP contribution in [0.25, 0.3) is 0 Å². The lowest BCUT2D eigenvalue weighted by Gasteiger charge is -2.22.